The summed E-state index contributed by atoms with van der Waals surface area (Å²) in [5.74, 6) is -2.17. The maximum absolute atomic E-state index is 12.4. The Labute approximate surface area is 126 Å². The highest BCUT2D eigenvalue weighted by molar-refractivity contribution is 6.32. The zero-order valence-corrected chi connectivity index (χ0v) is 12.0. The number of hydrogen-bond acceptors (Lipinski definition) is 4. The third-order valence-electron chi connectivity index (χ3n) is 3.17. The topological polar surface area (TPSA) is 90.3 Å². The fraction of sp³-hybridized carbons (Fsp3) is 0.286. The van der Waals surface area contributed by atoms with Gasteiger partial charge in [-0.3, -0.25) is 14.9 Å². The van der Waals surface area contributed by atoms with Crippen molar-refractivity contribution >= 4 is 35.1 Å². The normalized spacial score (nSPS) is 18.4. The van der Waals surface area contributed by atoms with Gasteiger partial charge in [0.1, 0.15) is 12.0 Å². The van der Waals surface area contributed by atoms with Crippen LogP contribution in [-0.2, 0) is 9.59 Å². The zero-order valence-electron chi connectivity index (χ0n) is 11.2. The summed E-state index contributed by atoms with van der Waals surface area (Å²) >= 11 is 5.87. The van der Waals surface area contributed by atoms with Crippen LogP contribution in [0.25, 0.3) is 0 Å². The molecule has 7 heteroatoms. The van der Waals surface area contributed by atoms with Crippen molar-refractivity contribution in [2.24, 2.45) is 5.92 Å². The first-order valence-corrected chi connectivity index (χ1v) is 6.75. The van der Waals surface area contributed by atoms with E-state index in [0.29, 0.717) is 12.8 Å². The molecule has 0 spiro atoms. The molecule has 0 aromatic heterocycles. The molecule has 0 saturated carbocycles. The smallest absolute Gasteiger partial charge is 0.277 e. The third kappa shape index (κ3) is 2.73. The van der Waals surface area contributed by atoms with Crippen LogP contribution in [0.15, 0.2) is 18.2 Å². The van der Waals surface area contributed by atoms with E-state index in [4.69, 9.17) is 16.9 Å². The van der Waals surface area contributed by atoms with E-state index in [1.54, 1.807) is 0 Å². The van der Waals surface area contributed by atoms with Gasteiger partial charge in [0.05, 0.1) is 11.3 Å². The lowest BCUT2D eigenvalue weighted by Gasteiger charge is -2.30. The molecule has 1 saturated heterocycles. The Morgan fingerprint density at radius 2 is 2.10 bits per heavy atom. The maximum Gasteiger partial charge on any atom is 0.335 e. The fourth-order valence-corrected chi connectivity index (χ4v) is 2.34. The number of halogens is 1. The van der Waals surface area contributed by atoms with Gasteiger partial charge in [-0.15, -0.1) is 0 Å². The molecule has 1 aromatic carbocycles. The first kappa shape index (κ1) is 15.0. The van der Waals surface area contributed by atoms with Crippen molar-refractivity contribution in [2.45, 2.75) is 19.8 Å². The molecule has 2 rings (SSSR count). The second-order valence-corrected chi connectivity index (χ2v) is 5.02. The summed E-state index contributed by atoms with van der Waals surface area (Å²) in [6, 6.07) is 5.31. The number of carbonyl (C=O) groups excluding carboxylic acids is 3. The maximum atomic E-state index is 12.4. The van der Waals surface area contributed by atoms with Crippen molar-refractivity contribution in [1.82, 2.24) is 5.32 Å². The van der Waals surface area contributed by atoms with Crippen LogP contribution in [0.1, 0.15) is 25.3 Å². The van der Waals surface area contributed by atoms with Crippen LogP contribution >= 0.6 is 11.6 Å². The van der Waals surface area contributed by atoms with E-state index >= 15 is 0 Å². The summed E-state index contributed by atoms with van der Waals surface area (Å²) in [4.78, 5) is 36.9. The first-order valence-electron chi connectivity index (χ1n) is 6.38. The van der Waals surface area contributed by atoms with Crippen molar-refractivity contribution in [3.05, 3.63) is 28.8 Å². The fourth-order valence-electron chi connectivity index (χ4n) is 2.17. The zero-order chi connectivity index (χ0) is 15.6. The molecule has 6 nitrogen and oxygen atoms in total. The number of rotatable bonds is 3. The first-order chi connectivity index (χ1) is 9.99. The van der Waals surface area contributed by atoms with E-state index in [0.717, 1.165) is 4.90 Å². The number of nitrogens with one attached hydrogen (secondary N) is 1. The molecule has 1 aromatic rings. The Bertz CT molecular complexity index is 666. The molecule has 0 bridgehead atoms. The van der Waals surface area contributed by atoms with Gasteiger partial charge in [-0.1, -0.05) is 24.9 Å². The molecule has 1 aliphatic rings. The largest absolute Gasteiger partial charge is 0.335 e. The lowest BCUT2D eigenvalue weighted by Crippen LogP contribution is -2.58. The molecule has 0 aliphatic carbocycles. The number of nitriles is 1. The van der Waals surface area contributed by atoms with Gasteiger partial charge < -0.3 is 0 Å². The SMILES string of the molecule is CCCC1C(=O)NC(=O)N(c2cc(Cl)ccc2C#N)C1=O. The summed E-state index contributed by atoms with van der Waals surface area (Å²) in [5.41, 5.74) is 0.216. The molecular formula is C14H12ClN3O3. The molecule has 4 amide bonds. The van der Waals surface area contributed by atoms with Crippen LogP contribution in [-0.4, -0.2) is 17.8 Å². The Kier molecular flexibility index (Phi) is 4.24. The average Bonchev–Trinajstić information content (AvgIpc) is 2.43. The highest BCUT2D eigenvalue weighted by atomic mass is 35.5. The van der Waals surface area contributed by atoms with Crippen LogP contribution in [0, 0.1) is 17.2 Å². The van der Waals surface area contributed by atoms with Gasteiger partial charge in [0.2, 0.25) is 11.8 Å². The number of anilines is 1. The van der Waals surface area contributed by atoms with Crippen LogP contribution in [0.5, 0.6) is 0 Å². The molecule has 1 N–H and O–H groups in total. The highest BCUT2D eigenvalue weighted by Crippen LogP contribution is 2.28. The Hall–Kier alpha value is -2.39. The van der Waals surface area contributed by atoms with Crippen LogP contribution in [0.4, 0.5) is 10.5 Å². The molecule has 1 atom stereocenters. The molecule has 1 unspecified atom stereocenters. The number of barbiturate groups is 1. The number of hydrogen-bond donors (Lipinski definition) is 1. The number of carbonyl (C=O) groups is 3. The quantitative estimate of drug-likeness (QED) is 0.867. The lowest BCUT2D eigenvalue weighted by molar-refractivity contribution is -0.134. The summed E-state index contributed by atoms with van der Waals surface area (Å²) in [7, 11) is 0. The predicted octanol–water partition coefficient (Wildman–Crippen LogP) is 2.21. The minimum Gasteiger partial charge on any atom is -0.277 e. The molecule has 21 heavy (non-hydrogen) atoms. The van der Waals surface area contributed by atoms with Gasteiger partial charge in [0.15, 0.2) is 0 Å². The Morgan fingerprint density at radius 3 is 2.71 bits per heavy atom. The molecule has 1 heterocycles. The molecule has 108 valence electrons. The summed E-state index contributed by atoms with van der Waals surface area (Å²) in [6.45, 7) is 1.83. The molecular weight excluding hydrogens is 294 g/mol. The number of benzene rings is 1. The second kappa shape index (κ2) is 5.94. The van der Waals surface area contributed by atoms with E-state index in [9.17, 15) is 14.4 Å². The van der Waals surface area contributed by atoms with Gasteiger partial charge in [-0.2, -0.15) is 5.26 Å². The van der Waals surface area contributed by atoms with Crippen molar-refractivity contribution in [3.63, 3.8) is 0 Å². The Balaban J connectivity index is 2.49. The Morgan fingerprint density at radius 1 is 1.38 bits per heavy atom. The van der Waals surface area contributed by atoms with E-state index < -0.39 is 23.8 Å². The van der Waals surface area contributed by atoms with E-state index in [1.807, 2.05) is 13.0 Å². The van der Waals surface area contributed by atoms with E-state index in [-0.39, 0.29) is 16.3 Å². The van der Waals surface area contributed by atoms with Gasteiger partial charge >= 0.3 is 6.03 Å². The van der Waals surface area contributed by atoms with Crippen molar-refractivity contribution < 1.29 is 14.4 Å². The number of nitrogens with zero attached hydrogens (tertiary/aromatic N) is 2. The van der Waals surface area contributed by atoms with Gasteiger partial charge in [0, 0.05) is 5.02 Å². The van der Waals surface area contributed by atoms with Crippen LogP contribution < -0.4 is 10.2 Å². The molecule has 1 fully saturated rings. The highest BCUT2D eigenvalue weighted by Gasteiger charge is 2.41. The van der Waals surface area contributed by atoms with Crippen LogP contribution in [0.2, 0.25) is 5.02 Å². The summed E-state index contributed by atoms with van der Waals surface area (Å²) in [6.07, 6.45) is 0.948. The number of amides is 4. The predicted molar refractivity (Wildman–Crippen MR) is 75.6 cm³/mol. The monoisotopic (exact) mass is 305 g/mol. The van der Waals surface area contributed by atoms with E-state index in [2.05, 4.69) is 5.32 Å². The molecule has 0 radical (unpaired) electrons. The minimum absolute atomic E-state index is 0.0844. The van der Waals surface area contributed by atoms with E-state index in [1.165, 1.54) is 18.2 Å². The summed E-state index contributed by atoms with van der Waals surface area (Å²) in [5, 5.41) is 11.5. The van der Waals surface area contributed by atoms with Gasteiger partial charge in [0.25, 0.3) is 0 Å². The molecule has 1 aliphatic heterocycles. The van der Waals surface area contributed by atoms with Crippen molar-refractivity contribution in [2.75, 3.05) is 4.90 Å². The average molecular weight is 306 g/mol. The number of urea groups is 1. The number of imide groups is 2. The summed E-state index contributed by atoms with van der Waals surface area (Å²) < 4.78 is 0. The second-order valence-electron chi connectivity index (χ2n) is 4.58. The lowest BCUT2D eigenvalue weighted by atomic mass is 9.98. The van der Waals surface area contributed by atoms with Crippen molar-refractivity contribution in [1.29, 1.82) is 5.26 Å². The standard InChI is InChI=1S/C14H12ClN3O3/c1-2-3-10-12(19)17-14(21)18(13(10)20)11-6-9(15)5-4-8(11)7-16/h4-6,10H,2-3H2,1H3,(H,17,19,21). The van der Waals surface area contributed by atoms with Crippen molar-refractivity contribution in [3.8, 4) is 6.07 Å². The minimum atomic E-state index is -0.932. The van der Waals surface area contributed by atoms with Gasteiger partial charge in [-0.05, 0) is 24.6 Å². The van der Waals surface area contributed by atoms with Crippen LogP contribution in [0.3, 0.4) is 0 Å². The van der Waals surface area contributed by atoms with Gasteiger partial charge in [-0.25, -0.2) is 9.69 Å². The third-order valence-corrected chi connectivity index (χ3v) is 3.40.